The maximum atomic E-state index is 13.7. The van der Waals surface area contributed by atoms with E-state index in [4.69, 9.17) is 11.6 Å². The molecule has 0 N–H and O–H groups in total. The number of hydrogen-bond acceptors (Lipinski definition) is 1. The summed E-state index contributed by atoms with van der Waals surface area (Å²) in [7, 11) is 0. The summed E-state index contributed by atoms with van der Waals surface area (Å²) < 4.78 is 13.7. The summed E-state index contributed by atoms with van der Waals surface area (Å²) in [4.78, 5) is 12.4. The summed E-state index contributed by atoms with van der Waals surface area (Å²) in [6.45, 7) is 2.15. The molecule has 2 atom stereocenters. The summed E-state index contributed by atoms with van der Waals surface area (Å²) in [5.41, 5.74) is 0.0842. The molecule has 0 bridgehead atoms. The van der Waals surface area contributed by atoms with E-state index in [0.717, 1.165) is 25.7 Å². The summed E-state index contributed by atoms with van der Waals surface area (Å²) in [5.74, 6) is -0.0706. The molecular formula is C15H18ClFO. The predicted octanol–water partition coefficient (Wildman–Crippen LogP) is 4.88. The van der Waals surface area contributed by atoms with Crippen molar-refractivity contribution in [3.05, 3.63) is 34.6 Å². The fourth-order valence-corrected chi connectivity index (χ4v) is 3.09. The normalized spacial score (nSPS) is 23.9. The number of hydrogen-bond donors (Lipinski definition) is 0. The second-order valence-electron chi connectivity index (χ2n) is 5.10. The maximum Gasteiger partial charge on any atom is 0.170 e. The Morgan fingerprint density at radius 2 is 2.22 bits per heavy atom. The Morgan fingerprint density at radius 1 is 1.44 bits per heavy atom. The Hall–Kier alpha value is -0.890. The monoisotopic (exact) mass is 268 g/mol. The topological polar surface area (TPSA) is 17.1 Å². The van der Waals surface area contributed by atoms with Gasteiger partial charge in [-0.15, -0.1) is 0 Å². The average molecular weight is 269 g/mol. The highest BCUT2D eigenvalue weighted by molar-refractivity contribution is 6.34. The smallest absolute Gasteiger partial charge is 0.170 e. The predicted molar refractivity (Wildman–Crippen MR) is 71.5 cm³/mol. The molecule has 1 aliphatic rings. The minimum Gasteiger partial charge on any atom is -0.294 e. The first-order valence-corrected chi connectivity index (χ1v) is 6.99. The lowest BCUT2D eigenvalue weighted by molar-refractivity contribution is 0.0858. The van der Waals surface area contributed by atoms with Crippen molar-refractivity contribution < 1.29 is 9.18 Å². The van der Waals surface area contributed by atoms with Crippen LogP contribution < -0.4 is 0 Å². The molecule has 2 unspecified atom stereocenters. The van der Waals surface area contributed by atoms with Crippen LogP contribution in [0.15, 0.2) is 18.2 Å². The Bertz CT molecular complexity index is 424. The number of carbonyl (C=O) groups is 1. The van der Waals surface area contributed by atoms with Crippen LogP contribution in [0, 0.1) is 17.7 Å². The van der Waals surface area contributed by atoms with Crippen LogP contribution in [0.25, 0.3) is 0 Å². The Morgan fingerprint density at radius 3 is 2.89 bits per heavy atom. The fraction of sp³-hybridized carbons (Fsp3) is 0.533. The first kappa shape index (κ1) is 13.5. The van der Waals surface area contributed by atoms with Gasteiger partial charge in [-0.2, -0.15) is 0 Å². The third kappa shape index (κ3) is 2.74. The number of Topliss-reactive ketones (excluding diaryl/α,β-unsaturated/α-hetero) is 1. The SMILES string of the molecule is CCC1CCCC(C(=O)c2c(F)cccc2Cl)C1. The Balaban J connectivity index is 2.20. The maximum absolute atomic E-state index is 13.7. The molecule has 0 heterocycles. The van der Waals surface area contributed by atoms with Gasteiger partial charge < -0.3 is 0 Å². The van der Waals surface area contributed by atoms with Crippen LogP contribution in [0.1, 0.15) is 49.4 Å². The van der Waals surface area contributed by atoms with E-state index in [1.165, 1.54) is 18.6 Å². The number of rotatable bonds is 3. The minimum atomic E-state index is -0.494. The second-order valence-corrected chi connectivity index (χ2v) is 5.51. The van der Waals surface area contributed by atoms with Gasteiger partial charge in [0.25, 0.3) is 0 Å². The van der Waals surface area contributed by atoms with Crippen LogP contribution in [0.5, 0.6) is 0 Å². The quantitative estimate of drug-likeness (QED) is 0.714. The van der Waals surface area contributed by atoms with Crippen molar-refractivity contribution in [3.8, 4) is 0 Å². The van der Waals surface area contributed by atoms with Gasteiger partial charge in [-0.25, -0.2) is 4.39 Å². The minimum absolute atomic E-state index is 0.0573. The van der Waals surface area contributed by atoms with Crippen molar-refractivity contribution in [1.82, 2.24) is 0 Å². The van der Waals surface area contributed by atoms with Crippen molar-refractivity contribution in [2.45, 2.75) is 39.0 Å². The lowest BCUT2D eigenvalue weighted by Gasteiger charge is -2.27. The molecule has 98 valence electrons. The van der Waals surface area contributed by atoms with Gasteiger partial charge in [-0.3, -0.25) is 4.79 Å². The third-order valence-corrected chi connectivity index (χ3v) is 4.26. The molecule has 1 fully saturated rings. The van der Waals surface area contributed by atoms with Crippen molar-refractivity contribution in [3.63, 3.8) is 0 Å². The van der Waals surface area contributed by atoms with Gasteiger partial charge in [0.1, 0.15) is 5.82 Å². The van der Waals surface area contributed by atoms with Crippen LogP contribution in [0.4, 0.5) is 4.39 Å². The van der Waals surface area contributed by atoms with E-state index in [1.54, 1.807) is 6.07 Å². The molecule has 0 saturated heterocycles. The van der Waals surface area contributed by atoms with E-state index in [9.17, 15) is 9.18 Å². The molecule has 0 aliphatic heterocycles. The highest BCUT2D eigenvalue weighted by Gasteiger charge is 2.29. The molecule has 0 aromatic heterocycles. The zero-order valence-corrected chi connectivity index (χ0v) is 11.3. The highest BCUT2D eigenvalue weighted by atomic mass is 35.5. The molecule has 3 heteroatoms. The molecule has 1 aromatic rings. The van der Waals surface area contributed by atoms with Gasteiger partial charge in [0, 0.05) is 5.92 Å². The van der Waals surface area contributed by atoms with Crippen molar-refractivity contribution in [1.29, 1.82) is 0 Å². The molecule has 1 nitrogen and oxygen atoms in total. The van der Waals surface area contributed by atoms with Crippen LogP contribution in [0.2, 0.25) is 5.02 Å². The van der Waals surface area contributed by atoms with Crippen LogP contribution in [-0.4, -0.2) is 5.78 Å². The van der Waals surface area contributed by atoms with Crippen LogP contribution in [-0.2, 0) is 0 Å². The molecule has 1 saturated carbocycles. The fourth-order valence-electron chi connectivity index (χ4n) is 2.84. The second kappa shape index (κ2) is 5.83. The van der Waals surface area contributed by atoms with E-state index in [2.05, 4.69) is 6.92 Å². The summed E-state index contributed by atoms with van der Waals surface area (Å²) >= 11 is 5.95. The molecule has 0 amide bonds. The standard InChI is InChI=1S/C15H18ClFO/c1-2-10-5-3-6-11(9-10)15(18)14-12(16)7-4-8-13(14)17/h4,7-8,10-11H,2-3,5-6,9H2,1H3. The van der Waals surface area contributed by atoms with Gasteiger partial charge in [0.2, 0.25) is 0 Å². The zero-order valence-electron chi connectivity index (χ0n) is 10.6. The number of halogens is 2. The molecule has 0 radical (unpaired) electrons. The van der Waals surface area contributed by atoms with Gasteiger partial charge >= 0.3 is 0 Å². The van der Waals surface area contributed by atoms with Crippen LogP contribution in [0.3, 0.4) is 0 Å². The zero-order chi connectivity index (χ0) is 13.1. The van der Waals surface area contributed by atoms with Crippen LogP contribution >= 0.6 is 11.6 Å². The Labute approximate surface area is 112 Å². The van der Waals surface area contributed by atoms with Gasteiger partial charge in [-0.05, 0) is 30.9 Å². The summed E-state index contributed by atoms with van der Waals surface area (Å²) in [6, 6.07) is 4.42. The lowest BCUT2D eigenvalue weighted by Crippen LogP contribution is -2.23. The van der Waals surface area contributed by atoms with E-state index in [-0.39, 0.29) is 22.3 Å². The van der Waals surface area contributed by atoms with Crippen molar-refractivity contribution in [2.75, 3.05) is 0 Å². The molecule has 0 spiro atoms. The molecule has 18 heavy (non-hydrogen) atoms. The van der Waals surface area contributed by atoms with E-state index >= 15 is 0 Å². The van der Waals surface area contributed by atoms with E-state index in [1.807, 2.05) is 0 Å². The third-order valence-electron chi connectivity index (χ3n) is 3.94. The van der Waals surface area contributed by atoms with Gasteiger partial charge in [0.15, 0.2) is 5.78 Å². The molecule has 1 aromatic carbocycles. The number of benzene rings is 1. The van der Waals surface area contributed by atoms with Gasteiger partial charge in [0.05, 0.1) is 10.6 Å². The van der Waals surface area contributed by atoms with Gasteiger partial charge in [-0.1, -0.05) is 43.9 Å². The average Bonchev–Trinajstić information content (AvgIpc) is 2.38. The molecular weight excluding hydrogens is 251 g/mol. The highest BCUT2D eigenvalue weighted by Crippen LogP contribution is 2.34. The van der Waals surface area contributed by atoms with Crippen molar-refractivity contribution >= 4 is 17.4 Å². The molecule has 1 aliphatic carbocycles. The number of ketones is 1. The largest absolute Gasteiger partial charge is 0.294 e. The summed E-state index contributed by atoms with van der Waals surface area (Å²) in [5, 5.41) is 0.235. The first-order chi connectivity index (χ1) is 8.63. The first-order valence-electron chi connectivity index (χ1n) is 6.61. The Kier molecular flexibility index (Phi) is 4.39. The summed E-state index contributed by atoms with van der Waals surface area (Å²) in [6.07, 6.45) is 5.07. The molecule has 2 rings (SSSR count). The lowest BCUT2D eigenvalue weighted by atomic mass is 9.77. The van der Waals surface area contributed by atoms with E-state index in [0.29, 0.717) is 5.92 Å². The number of carbonyl (C=O) groups excluding carboxylic acids is 1. The van der Waals surface area contributed by atoms with E-state index < -0.39 is 5.82 Å². The van der Waals surface area contributed by atoms with Crippen molar-refractivity contribution in [2.24, 2.45) is 11.8 Å².